The Kier molecular flexibility index (Phi) is 4.46. The van der Waals surface area contributed by atoms with Gasteiger partial charge in [0, 0.05) is 5.56 Å². The van der Waals surface area contributed by atoms with Gasteiger partial charge in [-0.25, -0.2) is 0 Å². The molecule has 1 aromatic rings. The molecule has 0 aliphatic rings. The number of carbonyl (C=O) groups excluding carboxylic acids is 1. The van der Waals surface area contributed by atoms with Crippen LogP contribution in [0.1, 0.15) is 29.8 Å². The van der Waals surface area contributed by atoms with E-state index >= 15 is 0 Å². The molecule has 0 saturated carbocycles. The predicted molar refractivity (Wildman–Crippen MR) is 69.4 cm³/mol. The molecule has 0 atom stereocenters. The van der Waals surface area contributed by atoms with Crippen LogP contribution in [0.2, 0.25) is 0 Å². The number of benzene rings is 1. The summed E-state index contributed by atoms with van der Waals surface area (Å²) in [6.45, 7) is 7.21. The molecule has 0 fully saturated rings. The molecular formula is C15H16O. The van der Waals surface area contributed by atoms with Crippen LogP contribution in [0.25, 0.3) is 5.57 Å². The minimum atomic E-state index is 0.0938. The highest BCUT2D eigenvalue weighted by molar-refractivity contribution is 5.94. The van der Waals surface area contributed by atoms with Gasteiger partial charge in [-0.2, -0.15) is 0 Å². The summed E-state index contributed by atoms with van der Waals surface area (Å²) in [6.07, 6.45) is 7.54. The fourth-order valence-corrected chi connectivity index (χ4v) is 1.36. The average molecular weight is 212 g/mol. The molecule has 0 saturated heterocycles. The van der Waals surface area contributed by atoms with Crippen molar-refractivity contribution >= 4 is 11.4 Å². The molecule has 1 nitrogen and oxygen atoms in total. The van der Waals surface area contributed by atoms with Crippen LogP contribution in [0.3, 0.4) is 0 Å². The summed E-state index contributed by atoms with van der Waals surface area (Å²) in [6, 6.07) is 7.65. The van der Waals surface area contributed by atoms with Crippen molar-refractivity contribution in [2.75, 3.05) is 0 Å². The Balaban J connectivity index is 2.99. The second-order valence-corrected chi connectivity index (χ2v) is 3.61. The minimum absolute atomic E-state index is 0.0938. The van der Waals surface area contributed by atoms with Gasteiger partial charge >= 0.3 is 0 Å². The van der Waals surface area contributed by atoms with Gasteiger partial charge in [0.05, 0.1) is 0 Å². The lowest BCUT2D eigenvalue weighted by molar-refractivity contribution is 0.101. The molecule has 0 aliphatic heterocycles. The van der Waals surface area contributed by atoms with Crippen LogP contribution >= 0.6 is 0 Å². The summed E-state index contributed by atoms with van der Waals surface area (Å²) in [7, 11) is 0. The van der Waals surface area contributed by atoms with E-state index in [1.807, 2.05) is 49.4 Å². The molecule has 0 aromatic heterocycles. The van der Waals surface area contributed by atoms with E-state index in [9.17, 15) is 4.79 Å². The number of rotatable bonds is 4. The predicted octanol–water partition coefficient (Wildman–Crippen LogP) is 4.03. The van der Waals surface area contributed by atoms with E-state index in [1.165, 1.54) is 0 Å². The number of hydrogen-bond acceptors (Lipinski definition) is 1. The highest BCUT2D eigenvalue weighted by atomic mass is 16.1. The van der Waals surface area contributed by atoms with Gasteiger partial charge in [-0.05, 0) is 31.1 Å². The van der Waals surface area contributed by atoms with E-state index in [-0.39, 0.29) is 5.78 Å². The standard InChI is InChI=1S/C15H16O/c1-4-5-6-8-12(2)14-9-7-10-15(11-14)13(3)16/h4-11H,1H2,2-3H3/b6-5-,12-8+. The second kappa shape index (κ2) is 5.86. The van der Waals surface area contributed by atoms with Crippen molar-refractivity contribution in [1.29, 1.82) is 0 Å². The maximum absolute atomic E-state index is 11.2. The topological polar surface area (TPSA) is 17.1 Å². The van der Waals surface area contributed by atoms with Crippen molar-refractivity contribution in [3.8, 4) is 0 Å². The van der Waals surface area contributed by atoms with Crippen molar-refractivity contribution in [3.63, 3.8) is 0 Å². The molecule has 0 radical (unpaired) electrons. The van der Waals surface area contributed by atoms with Crippen LogP contribution in [0.15, 0.2) is 55.1 Å². The number of allylic oxidation sites excluding steroid dienone is 5. The second-order valence-electron chi connectivity index (χ2n) is 3.61. The van der Waals surface area contributed by atoms with Crippen molar-refractivity contribution in [3.05, 3.63) is 66.3 Å². The first-order valence-electron chi connectivity index (χ1n) is 5.22. The SMILES string of the molecule is C=C/C=C\C=C(/C)c1cccc(C(C)=O)c1. The first-order chi connectivity index (χ1) is 7.65. The molecule has 1 rings (SSSR count). The van der Waals surface area contributed by atoms with Crippen molar-refractivity contribution in [2.24, 2.45) is 0 Å². The van der Waals surface area contributed by atoms with Crippen LogP contribution in [0, 0.1) is 0 Å². The van der Waals surface area contributed by atoms with Crippen LogP contribution in [-0.2, 0) is 0 Å². The molecule has 0 bridgehead atoms. The average Bonchev–Trinajstić information content (AvgIpc) is 2.29. The Morgan fingerprint density at radius 2 is 1.88 bits per heavy atom. The Labute approximate surface area is 96.8 Å². The van der Waals surface area contributed by atoms with Gasteiger partial charge in [0.25, 0.3) is 0 Å². The lowest BCUT2D eigenvalue weighted by atomic mass is 10.0. The van der Waals surface area contributed by atoms with E-state index in [0.717, 1.165) is 16.7 Å². The molecule has 0 heterocycles. The van der Waals surface area contributed by atoms with E-state index in [0.29, 0.717) is 0 Å². The molecule has 1 aromatic carbocycles. The van der Waals surface area contributed by atoms with Gasteiger partial charge in [0.1, 0.15) is 0 Å². The lowest BCUT2D eigenvalue weighted by Crippen LogP contribution is -1.92. The van der Waals surface area contributed by atoms with Crippen LogP contribution < -0.4 is 0 Å². The molecule has 16 heavy (non-hydrogen) atoms. The molecule has 0 spiro atoms. The summed E-state index contributed by atoms with van der Waals surface area (Å²) in [4.78, 5) is 11.2. The molecular weight excluding hydrogens is 196 g/mol. The fraction of sp³-hybridized carbons (Fsp3) is 0.133. The minimum Gasteiger partial charge on any atom is -0.295 e. The van der Waals surface area contributed by atoms with E-state index < -0.39 is 0 Å². The zero-order valence-corrected chi connectivity index (χ0v) is 9.73. The van der Waals surface area contributed by atoms with E-state index in [2.05, 4.69) is 6.58 Å². The quantitative estimate of drug-likeness (QED) is 0.544. The summed E-state index contributed by atoms with van der Waals surface area (Å²) in [5.41, 5.74) is 2.94. The van der Waals surface area contributed by atoms with Gasteiger partial charge in [-0.1, -0.05) is 49.1 Å². The van der Waals surface area contributed by atoms with Crippen LogP contribution in [-0.4, -0.2) is 5.78 Å². The number of ketones is 1. The highest BCUT2D eigenvalue weighted by Gasteiger charge is 2.00. The van der Waals surface area contributed by atoms with Gasteiger partial charge < -0.3 is 0 Å². The summed E-state index contributed by atoms with van der Waals surface area (Å²) < 4.78 is 0. The Morgan fingerprint density at radius 1 is 1.19 bits per heavy atom. The zero-order valence-electron chi connectivity index (χ0n) is 9.73. The van der Waals surface area contributed by atoms with E-state index in [1.54, 1.807) is 13.0 Å². The summed E-state index contributed by atoms with van der Waals surface area (Å²) in [5, 5.41) is 0. The monoisotopic (exact) mass is 212 g/mol. The fourth-order valence-electron chi connectivity index (χ4n) is 1.36. The third-order valence-electron chi connectivity index (χ3n) is 2.32. The summed E-state index contributed by atoms with van der Waals surface area (Å²) >= 11 is 0. The molecule has 82 valence electrons. The third-order valence-corrected chi connectivity index (χ3v) is 2.32. The number of Topliss-reactive ketones (excluding diaryl/α,β-unsaturated/α-hetero) is 1. The highest BCUT2D eigenvalue weighted by Crippen LogP contribution is 2.15. The Hall–Kier alpha value is -1.89. The maximum atomic E-state index is 11.2. The van der Waals surface area contributed by atoms with Gasteiger partial charge in [0.2, 0.25) is 0 Å². The molecule has 0 N–H and O–H groups in total. The molecule has 0 unspecified atom stereocenters. The maximum Gasteiger partial charge on any atom is 0.159 e. The van der Waals surface area contributed by atoms with Gasteiger partial charge in [-0.15, -0.1) is 0 Å². The Bertz CT molecular complexity index is 450. The molecule has 0 aliphatic carbocycles. The normalized spacial score (nSPS) is 11.8. The van der Waals surface area contributed by atoms with Gasteiger partial charge in [0.15, 0.2) is 5.78 Å². The van der Waals surface area contributed by atoms with Crippen LogP contribution in [0.4, 0.5) is 0 Å². The smallest absolute Gasteiger partial charge is 0.159 e. The molecule has 1 heteroatoms. The van der Waals surface area contributed by atoms with Crippen molar-refractivity contribution in [2.45, 2.75) is 13.8 Å². The molecule has 0 amide bonds. The third kappa shape index (κ3) is 3.35. The number of hydrogen-bond donors (Lipinski definition) is 0. The summed E-state index contributed by atoms with van der Waals surface area (Å²) in [5.74, 6) is 0.0938. The van der Waals surface area contributed by atoms with Gasteiger partial charge in [-0.3, -0.25) is 4.79 Å². The number of carbonyl (C=O) groups is 1. The first kappa shape index (κ1) is 12.2. The van der Waals surface area contributed by atoms with E-state index in [4.69, 9.17) is 0 Å². The zero-order chi connectivity index (χ0) is 12.0. The Morgan fingerprint density at radius 3 is 2.50 bits per heavy atom. The lowest BCUT2D eigenvalue weighted by Gasteiger charge is -2.02. The van der Waals surface area contributed by atoms with Crippen LogP contribution in [0.5, 0.6) is 0 Å². The van der Waals surface area contributed by atoms with Crippen molar-refractivity contribution in [1.82, 2.24) is 0 Å². The largest absolute Gasteiger partial charge is 0.295 e. The first-order valence-corrected chi connectivity index (χ1v) is 5.22. The van der Waals surface area contributed by atoms with Crippen molar-refractivity contribution < 1.29 is 4.79 Å².